The molecule has 1 fully saturated rings. The average molecular weight is 628 g/mol. The fourth-order valence-corrected chi connectivity index (χ4v) is 7.19. The minimum atomic E-state index is -0.920. The minimum absolute atomic E-state index is 0.00307. The number of Topliss-reactive ketones (excluding diaryl/α,β-unsaturated/α-hetero) is 1. The highest BCUT2D eigenvalue weighted by Gasteiger charge is 2.48. The van der Waals surface area contributed by atoms with Crippen molar-refractivity contribution in [2.45, 2.75) is 62.3 Å². The molecule has 1 saturated heterocycles. The predicted octanol–water partition coefficient (Wildman–Crippen LogP) is 7.27. The maximum atomic E-state index is 13.7. The highest BCUT2D eigenvalue weighted by Crippen LogP contribution is 2.45. The monoisotopic (exact) mass is 627 g/mol. The van der Waals surface area contributed by atoms with Gasteiger partial charge < -0.3 is 14.6 Å². The molecule has 0 spiro atoms. The Morgan fingerprint density at radius 3 is 2.73 bits per heavy atom. The second-order valence-corrected chi connectivity index (χ2v) is 13.2. The molecule has 2 aliphatic heterocycles. The van der Waals surface area contributed by atoms with Crippen molar-refractivity contribution in [3.8, 4) is 11.5 Å². The van der Waals surface area contributed by atoms with E-state index in [1.807, 2.05) is 44.2 Å². The smallest absolute Gasteiger partial charge is 0.301 e. The fraction of sp³-hybridized carbons (Fsp3) is 0.294. The van der Waals surface area contributed by atoms with Crippen molar-refractivity contribution in [1.29, 1.82) is 0 Å². The van der Waals surface area contributed by atoms with E-state index in [4.69, 9.17) is 9.47 Å². The summed E-state index contributed by atoms with van der Waals surface area (Å²) >= 11 is 2.76. The first-order valence-corrected chi connectivity index (χ1v) is 16.5. The fourth-order valence-electron chi connectivity index (χ4n) is 5.37. The van der Waals surface area contributed by atoms with Crippen LogP contribution in [0.4, 0.5) is 5.13 Å². The van der Waals surface area contributed by atoms with Crippen molar-refractivity contribution in [2.24, 2.45) is 0 Å². The summed E-state index contributed by atoms with van der Waals surface area (Å²) in [6.07, 6.45) is 2.61. The second-order valence-electron chi connectivity index (χ2n) is 11.0. The van der Waals surface area contributed by atoms with Crippen LogP contribution < -0.4 is 14.4 Å². The van der Waals surface area contributed by atoms with Crippen LogP contribution >= 0.6 is 23.1 Å². The summed E-state index contributed by atoms with van der Waals surface area (Å²) in [5, 5.41) is 20.6. The number of fused-ring (bicyclic) bond motifs is 1. The number of aryl methyl sites for hydroxylation is 1. The molecule has 0 saturated carbocycles. The first-order valence-electron chi connectivity index (χ1n) is 14.7. The lowest BCUT2D eigenvalue weighted by molar-refractivity contribution is -0.132. The van der Waals surface area contributed by atoms with Crippen LogP contribution in [0, 0.1) is 6.92 Å². The zero-order valence-electron chi connectivity index (χ0n) is 24.8. The Bertz CT molecular complexity index is 1730. The molecular weight excluding hydrogens is 595 g/mol. The van der Waals surface area contributed by atoms with Crippen molar-refractivity contribution in [3.63, 3.8) is 0 Å². The summed E-state index contributed by atoms with van der Waals surface area (Å²) in [4.78, 5) is 28.7. The lowest BCUT2D eigenvalue weighted by Gasteiger charge is -2.23. The number of thioether (sulfide) groups is 1. The quantitative estimate of drug-likeness (QED) is 0.0489. The van der Waals surface area contributed by atoms with Crippen molar-refractivity contribution >= 4 is 45.7 Å². The van der Waals surface area contributed by atoms with Crippen molar-refractivity contribution in [1.82, 2.24) is 10.2 Å². The van der Waals surface area contributed by atoms with Gasteiger partial charge in [0.05, 0.1) is 18.2 Å². The highest BCUT2D eigenvalue weighted by molar-refractivity contribution is 8.00. The number of nitrogens with zero attached hydrogens (tertiary/aromatic N) is 3. The summed E-state index contributed by atoms with van der Waals surface area (Å²) < 4.78 is 12.5. The van der Waals surface area contributed by atoms with E-state index < -0.39 is 17.7 Å². The summed E-state index contributed by atoms with van der Waals surface area (Å²) in [7, 11) is 0. The number of aliphatic hydroxyl groups excluding tert-OH is 1. The van der Waals surface area contributed by atoms with Gasteiger partial charge in [0.15, 0.2) is 4.34 Å². The van der Waals surface area contributed by atoms with E-state index in [9.17, 15) is 14.7 Å². The molecule has 0 bridgehead atoms. The number of ketones is 1. The molecule has 1 N–H and O–H groups in total. The average Bonchev–Trinajstić information content (AvgIpc) is 3.71. The van der Waals surface area contributed by atoms with Gasteiger partial charge in [-0.1, -0.05) is 78.4 Å². The number of ether oxygens (including phenoxy) is 2. The standard InChI is InChI=1S/C34H33N3O5S2/c1-4-5-15-41-26-8-6-7-23(18-26)29-28(30(38)24-13-14-27-25(17-24)16-21(3)42-27)31(39)32(40)37(29)33-35-36-34(44-33)43-19-22-11-9-20(2)10-12-22/h6-14,17-18,21,29,38H,4-5,15-16,19H2,1-3H3/b30-28+/t21-,29-/m1/s1. The maximum Gasteiger partial charge on any atom is 0.301 e. The Labute approximate surface area is 264 Å². The van der Waals surface area contributed by atoms with Crippen LogP contribution in [0.2, 0.25) is 0 Å². The number of benzene rings is 3. The molecule has 0 unspecified atom stereocenters. The van der Waals surface area contributed by atoms with E-state index in [0.29, 0.717) is 40.0 Å². The zero-order valence-corrected chi connectivity index (χ0v) is 26.4. The number of carbonyl (C=O) groups excluding carboxylic acids is 2. The molecule has 3 aromatic carbocycles. The molecule has 8 nitrogen and oxygen atoms in total. The SMILES string of the molecule is CCCCOc1cccc([C@@H]2/C(=C(\O)c3ccc4c(c3)C[C@@H](C)O4)C(=O)C(=O)N2c2nnc(SCc3ccc(C)cc3)s2)c1. The number of carbonyl (C=O) groups is 2. The van der Waals surface area contributed by atoms with E-state index in [1.54, 1.807) is 12.1 Å². The number of amides is 1. The summed E-state index contributed by atoms with van der Waals surface area (Å²) in [6.45, 7) is 6.67. The van der Waals surface area contributed by atoms with Gasteiger partial charge in [-0.2, -0.15) is 0 Å². The molecule has 2 aliphatic rings. The molecule has 4 aromatic rings. The normalized spacial score (nSPS) is 18.8. The first-order chi connectivity index (χ1) is 21.3. The van der Waals surface area contributed by atoms with Gasteiger partial charge in [-0.15, -0.1) is 10.2 Å². The first kappa shape index (κ1) is 29.9. The van der Waals surface area contributed by atoms with E-state index in [-0.39, 0.29) is 22.6 Å². The van der Waals surface area contributed by atoms with Crippen LogP contribution in [0.1, 0.15) is 60.5 Å². The molecule has 0 radical (unpaired) electrons. The number of unbranched alkanes of at least 4 members (excludes halogenated alkanes) is 1. The van der Waals surface area contributed by atoms with Crippen LogP contribution in [0.15, 0.2) is 76.6 Å². The third-order valence-electron chi connectivity index (χ3n) is 7.64. The molecule has 0 aliphatic carbocycles. The van der Waals surface area contributed by atoms with Gasteiger partial charge in [0.1, 0.15) is 23.4 Å². The number of anilines is 1. The Kier molecular flexibility index (Phi) is 8.72. The zero-order chi connectivity index (χ0) is 30.8. The molecular formula is C34H33N3O5S2. The molecule has 1 amide bonds. The second kappa shape index (κ2) is 12.8. The molecule has 10 heteroatoms. The predicted molar refractivity (Wildman–Crippen MR) is 173 cm³/mol. The van der Waals surface area contributed by atoms with Crippen molar-refractivity contribution in [2.75, 3.05) is 11.5 Å². The number of rotatable bonds is 10. The van der Waals surface area contributed by atoms with Crippen LogP contribution in [0.3, 0.4) is 0 Å². The van der Waals surface area contributed by atoms with E-state index in [2.05, 4.69) is 41.4 Å². The number of aromatic nitrogens is 2. The molecule has 1 aromatic heterocycles. The molecule has 2 atom stereocenters. The molecule has 3 heterocycles. The Morgan fingerprint density at radius 2 is 1.93 bits per heavy atom. The topological polar surface area (TPSA) is 102 Å². The third kappa shape index (κ3) is 6.09. The van der Waals surface area contributed by atoms with Crippen LogP contribution in [-0.4, -0.2) is 39.7 Å². The number of hydrogen-bond donors (Lipinski definition) is 1. The van der Waals surface area contributed by atoms with Crippen LogP contribution in [0.25, 0.3) is 5.76 Å². The largest absolute Gasteiger partial charge is 0.507 e. The Morgan fingerprint density at radius 1 is 1.11 bits per heavy atom. The summed E-state index contributed by atoms with van der Waals surface area (Å²) in [5.74, 6) is 0.282. The minimum Gasteiger partial charge on any atom is -0.507 e. The van der Waals surface area contributed by atoms with Gasteiger partial charge in [-0.3, -0.25) is 14.5 Å². The van der Waals surface area contributed by atoms with Gasteiger partial charge in [0.2, 0.25) is 5.13 Å². The van der Waals surface area contributed by atoms with E-state index >= 15 is 0 Å². The lowest BCUT2D eigenvalue weighted by atomic mass is 9.94. The number of hydrogen-bond acceptors (Lipinski definition) is 9. The Balaban J connectivity index is 1.38. The molecule has 6 rings (SSSR count). The highest BCUT2D eigenvalue weighted by atomic mass is 32.2. The summed E-state index contributed by atoms with van der Waals surface area (Å²) in [5.41, 5.74) is 4.35. The van der Waals surface area contributed by atoms with E-state index in [1.165, 1.54) is 33.6 Å². The van der Waals surface area contributed by atoms with Crippen LogP contribution in [0.5, 0.6) is 11.5 Å². The van der Waals surface area contributed by atoms with Gasteiger partial charge in [0.25, 0.3) is 5.78 Å². The third-order valence-corrected chi connectivity index (χ3v) is 9.77. The number of aliphatic hydroxyl groups is 1. The van der Waals surface area contributed by atoms with Crippen molar-refractivity contribution < 1.29 is 24.2 Å². The summed E-state index contributed by atoms with van der Waals surface area (Å²) in [6, 6.07) is 20.0. The van der Waals surface area contributed by atoms with Crippen molar-refractivity contribution in [3.05, 3.63) is 100 Å². The van der Waals surface area contributed by atoms with E-state index in [0.717, 1.165) is 29.7 Å². The maximum absolute atomic E-state index is 13.7. The lowest BCUT2D eigenvalue weighted by Crippen LogP contribution is -2.29. The van der Waals surface area contributed by atoms with Gasteiger partial charge >= 0.3 is 5.91 Å². The van der Waals surface area contributed by atoms with Gasteiger partial charge in [0, 0.05) is 17.7 Å². The Hall–Kier alpha value is -4.15. The molecule has 44 heavy (non-hydrogen) atoms. The van der Waals surface area contributed by atoms with Gasteiger partial charge in [-0.25, -0.2) is 0 Å². The van der Waals surface area contributed by atoms with Crippen LogP contribution in [-0.2, 0) is 21.8 Å². The van der Waals surface area contributed by atoms with Gasteiger partial charge in [-0.05, 0) is 67.3 Å². The molecule has 226 valence electrons.